The summed E-state index contributed by atoms with van der Waals surface area (Å²) >= 11 is 1.78. The van der Waals surface area contributed by atoms with Crippen LogP contribution in [-0.4, -0.2) is 31.0 Å². The van der Waals surface area contributed by atoms with Gasteiger partial charge in [-0.3, -0.25) is 4.79 Å². The first kappa shape index (κ1) is 17.8. The van der Waals surface area contributed by atoms with E-state index in [1.54, 1.807) is 22.6 Å². The minimum absolute atomic E-state index is 0.171. The number of hydrogen-bond donors (Lipinski definition) is 1. The quantitative estimate of drug-likeness (QED) is 0.550. The number of hydrogen-bond acceptors (Lipinski definition) is 4. The molecule has 0 unspecified atom stereocenters. The van der Waals surface area contributed by atoms with Crippen LogP contribution in [-0.2, 0) is 6.54 Å². The van der Waals surface area contributed by atoms with Gasteiger partial charge < -0.3 is 9.88 Å². The molecule has 1 aliphatic heterocycles. The highest BCUT2D eigenvalue weighted by atomic mass is 32.2. The highest BCUT2D eigenvalue weighted by Crippen LogP contribution is 2.29. The molecule has 0 saturated carbocycles. The first-order valence-corrected chi connectivity index (χ1v) is 10.4. The van der Waals surface area contributed by atoms with Gasteiger partial charge in [-0.25, -0.2) is 9.67 Å². The van der Waals surface area contributed by atoms with E-state index in [0.717, 1.165) is 45.8 Å². The number of thioether (sulfide) groups is 1. The fourth-order valence-corrected chi connectivity index (χ4v) is 4.38. The molecule has 5 rings (SSSR count). The minimum Gasteiger partial charge on any atom is -0.325 e. The summed E-state index contributed by atoms with van der Waals surface area (Å²) in [5.74, 6) is 0.920. The number of aromatic nitrogens is 4. The van der Waals surface area contributed by atoms with Crippen molar-refractivity contribution in [2.24, 2.45) is 0 Å². The van der Waals surface area contributed by atoms with Gasteiger partial charge in [0.15, 0.2) is 5.16 Å². The van der Waals surface area contributed by atoms with Crippen molar-refractivity contribution in [3.05, 3.63) is 78.2 Å². The molecule has 0 aliphatic carbocycles. The van der Waals surface area contributed by atoms with Gasteiger partial charge in [-0.2, -0.15) is 5.10 Å². The van der Waals surface area contributed by atoms with Crippen LogP contribution in [0.5, 0.6) is 0 Å². The van der Waals surface area contributed by atoms with Gasteiger partial charge in [-0.1, -0.05) is 42.1 Å². The maximum atomic E-state index is 12.7. The molecule has 144 valence electrons. The van der Waals surface area contributed by atoms with Crippen molar-refractivity contribution in [3.8, 4) is 16.9 Å². The van der Waals surface area contributed by atoms with Gasteiger partial charge in [0.25, 0.3) is 5.91 Å². The molecule has 0 atom stereocenters. The van der Waals surface area contributed by atoms with E-state index in [-0.39, 0.29) is 5.91 Å². The van der Waals surface area contributed by atoms with E-state index in [0.29, 0.717) is 5.56 Å². The molecular weight excluding hydrogens is 382 g/mol. The second-order valence-corrected chi connectivity index (χ2v) is 7.94. The van der Waals surface area contributed by atoms with Crippen molar-refractivity contribution in [1.29, 1.82) is 0 Å². The molecule has 0 radical (unpaired) electrons. The van der Waals surface area contributed by atoms with Crippen molar-refractivity contribution >= 4 is 23.4 Å². The third-order valence-corrected chi connectivity index (χ3v) is 5.97. The molecule has 0 fully saturated rings. The lowest BCUT2D eigenvalue weighted by molar-refractivity contribution is 0.102. The highest BCUT2D eigenvalue weighted by Gasteiger charge is 2.17. The maximum Gasteiger partial charge on any atom is 0.259 e. The number of carbonyl (C=O) groups excluding carboxylic acids is 1. The van der Waals surface area contributed by atoms with Crippen molar-refractivity contribution in [3.63, 3.8) is 0 Å². The number of imidazole rings is 1. The zero-order valence-corrected chi connectivity index (χ0v) is 16.7. The fourth-order valence-electron chi connectivity index (χ4n) is 3.43. The molecule has 1 amide bonds. The van der Waals surface area contributed by atoms with E-state index >= 15 is 0 Å². The minimum atomic E-state index is -0.171. The van der Waals surface area contributed by atoms with E-state index < -0.39 is 0 Å². The Morgan fingerprint density at radius 3 is 2.66 bits per heavy atom. The molecule has 0 saturated heterocycles. The zero-order valence-electron chi connectivity index (χ0n) is 15.9. The fraction of sp³-hybridized carbons (Fsp3) is 0.136. The molecule has 1 N–H and O–H groups in total. The van der Waals surface area contributed by atoms with Crippen LogP contribution in [0.4, 0.5) is 5.69 Å². The summed E-state index contributed by atoms with van der Waals surface area (Å²) in [6, 6.07) is 17.6. The van der Waals surface area contributed by atoms with Gasteiger partial charge in [-0.15, -0.1) is 0 Å². The largest absolute Gasteiger partial charge is 0.325 e. The van der Waals surface area contributed by atoms with Crippen LogP contribution in [0.1, 0.15) is 16.1 Å². The Labute approximate surface area is 172 Å². The predicted molar refractivity (Wildman–Crippen MR) is 115 cm³/mol. The van der Waals surface area contributed by atoms with E-state index in [9.17, 15) is 4.79 Å². The molecule has 0 spiro atoms. The number of anilines is 1. The third kappa shape index (κ3) is 3.34. The number of aryl methyl sites for hydroxylation is 1. The normalized spacial score (nSPS) is 12.7. The number of benzene rings is 2. The molecule has 1 aliphatic rings. The molecular formula is C22H19N5OS. The topological polar surface area (TPSA) is 64.7 Å². The number of carbonyl (C=O) groups is 1. The Balaban J connectivity index is 1.33. The first-order valence-electron chi connectivity index (χ1n) is 9.41. The van der Waals surface area contributed by atoms with Gasteiger partial charge in [0.1, 0.15) is 0 Å². The Morgan fingerprint density at radius 1 is 1.10 bits per heavy atom. The van der Waals surface area contributed by atoms with Crippen molar-refractivity contribution in [2.45, 2.75) is 18.6 Å². The first-order chi connectivity index (χ1) is 14.2. The van der Waals surface area contributed by atoms with E-state index in [4.69, 9.17) is 0 Å². The van der Waals surface area contributed by atoms with Gasteiger partial charge in [0.05, 0.1) is 28.8 Å². The lowest BCUT2D eigenvalue weighted by atomic mass is 10.1. The SMILES string of the molecule is Cc1c(C(=O)Nc2ccc(-c3cn4c(n3)SCC4)cc2)cnn1-c1ccccc1. The van der Waals surface area contributed by atoms with E-state index in [2.05, 4.69) is 26.2 Å². The number of rotatable bonds is 4. The molecule has 2 aromatic carbocycles. The Hall–Kier alpha value is -3.32. The summed E-state index contributed by atoms with van der Waals surface area (Å²) in [5.41, 5.74) is 5.03. The van der Waals surface area contributed by atoms with Crippen LogP contribution in [0.15, 0.2) is 72.1 Å². The second-order valence-electron chi connectivity index (χ2n) is 6.87. The number of nitrogens with one attached hydrogen (secondary N) is 1. The predicted octanol–water partition coefficient (Wildman–Crippen LogP) is 4.40. The summed E-state index contributed by atoms with van der Waals surface area (Å²) in [6.07, 6.45) is 3.70. The second kappa shape index (κ2) is 7.25. The van der Waals surface area contributed by atoms with E-state index in [1.807, 2.05) is 61.5 Å². The number of fused-ring (bicyclic) bond motifs is 1. The van der Waals surface area contributed by atoms with Gasteiger partial charge >= 0.3 is 0 Å². The lowest BCUT2D eigenvalue weighted by Gasteiger charge is -2.07. The summed E-state index contributed by atoms with van der Waals surface area (Å²) in [7, 11) is 0. The number of amides is 1. The Bertz CT molecular complexity index is 1160. The molecule has 7 heteroatoms. The van der Waals surface area contributed by atoms with Gasteiger partial charge in [0.2, 0.25) is 0 Å². The maximum absolute atomic E-state index is 12.7. The Morgan fingerprint density at radius 2 is 1.90 bits per heavy atom. The molecule has 0 bridgehead atoms. The van der Waals surface area contributed by atoms with Gasteiger partial charge in [0, 0.05) is 29.7 Å². The summed E-state index contributed by atoms with van der Waals surface area (Å²) in [5, 5.41) is 8.40. The summed E-state index contributed by atoms with van der Waals surface area (Å²) in [6.45, 7) is 2.91. The lowest BCUT2D eigenvalue weighted by Crippen LogP contribution is -2.13. The van der Waals surface area contributed by atoms with Crippen LogP contribution < -0.4 is 5.32 Å². The van der Waals surface area contributed by atoms with Crippen LogP contribution in [0, 0.1) is 6.92 Å². The van der Waals surface area contributed by atoms with Crippen LogP contribution in [0.2, 0.25) is 0 Å². The zero-order chi connectivity index (χ0) is 19.8. The monoisotopic (exact) mass is 401 g/mol. The molecule has 29 heavy (non-hydrogen) atoms. The summed E-state index contributed by atoms with van der Waals surface area (Å²) in [4.78, 5) is 17.4. The number of nitrogens with zero attached hydrogens (tertiary/aromatic N) is 4. The van der Waals surface area contributed by atoms with Crippen LogP contribution in [0.25, 0.3) is 16.9 Å². The van der Waals surface area contributed by atoms with E-state index in [1.165, 1.54) is 0 Å². The average Bonchev–Trinajstić information content (AvgIpc) is 3.44. The highest BCUT2D eigenvalue weighted by molar-refractivity contribution is 7.99. The van der Waals surface area contributed by atoms with Crippen molar-refractivity contribution < 1.29 is 4.79 Å². The van der Waals surface area contributed by atoms with Crippen molar-refractivity contribution in [1.82, 2.24) is 19.3 Å². The average molecular weight is 401 g/mol. The molecule has 6 nitrogen and oxygen atoms in total. The number of para-hydroxylation sites is 1. The van der Waals surface area contributed by atoms with Gasteiger partial charge in [-0.05, 0) is 31.2 Å². The van der Waals surface area contributed by atoms with Crippen LogP contribution in [0.3, 0.4) is 0 Å². The third-order valence-electron chi connectivity index (χ3n) is 5.00. The molecule has 4 aromatic rings. The Kier molecular flexibility index (Phi) is 4.44. The smallest absolute Gasteiger partial charge is 0.259 e. The molecule has 3 heterocycles. The molecule has 2 aromatic heterocycles. The van der Waals surface area contributed by atoms with Crippen LogP contribution >= 0.6 is 11.8 Å². The standard InChI is InChI=1S/C22H19N5OS/c1-15-19(13-23-27(15)18-5-3-2-4-6-18)21(28)24-17-9-7-16(8-10-17)20-14-26-11-12-29-22(26)25-20/h2-10,13-14H,11-12H2,1H3,(H,24,28). The summed E-state index contributed by atoms with van der Waals surface area (Å²) < 4.78 is 3.96. The van der Waals surface area contributed by atoms with Crippen molar-refractivity contribution in [2.75, 3.05) is 11.1 Å².